The van der Waals surface area contributed by atoms with Crippen LogP contribution in [0, 0.1) is 4.77 Å². The van der Waals surface area contributed by atoms with Crippen molar-refractivity contribution < 1.29 is 4.79 Å². The molecule has 2 heterocycles. The van der Waals surface area contributed by atoms with Gasteiger partial charge < -0.3 is 5.32 Å². The van der Waals surface area contributed by atoms with Gasteiger partial charge in [-0.1, -0.05) is 18.2 Å². The SMILES string of the molecule is O=C(NCc1n[nH]c(=S)n1C1CC1)c1cnn(-c2ccccc2)c1. The van der Waals surface area contributed by atoms with Gasteiger partial charge >= 0.3 is 0 Å². The predicted octanol–water partition coefficient (Wildman–Crippen LogP) is 2.39. The molecule has 1 aliphatic rings. The minimum absolute atomic E-state index is 0.187. The summed E-state index contributed by atoms with van der Waals surface area (Å²) in [6.07, 6.45) is 5.49. The van der Waals surface area contributed by atoms with Gasteiger partial charge in [0.05, 0.1) is 24.0 Å². The number of nitrogens with one attached hydrogen (secondary N) is 2. The Labute approximate surface area is 143 Å². The Morgan fingerprint density at radius 1 is 1.33 bits per heavy atom. The number of hydrogen-bond donors (Lipinski definition) is 2. The molecule has 8 heteroatoms. The van der Waals surface area contributed by atoms with Gasteiger partial charge in [0.2, 0.25) is 0 Å². The van der Waals surface area contributed by atoms with Crippen molar-refractivity contribution in [3.8, 4) is 5.69 Å². The fourth-order valence-corrected chi connectivity index (χ4v) is 2.89. The zero-order valence-electron chi connectivity index (χ0n) is 12.8. The van der Waals surface area contributed by atoms with E-state index in [9.17, 15) is 4.79 Å². The van der Waals surface area contributed by atoms with Crippen molar-refractivity contribution in [2.24, 2.45) is 0 Å². The number of carbonyl (C=O) groups is 1. The summed E-state index contributed by atoms with van der Waals surface area (Å²) in [7, 11) is 0. The monoisotopic (exact) mass is 340 g/mol. The van der Waals surface area contributed by atoms with E-state index in [2.05, 4.69) is 20.6 Å². The molecule has 1 aromatic carbocycles. The van der Waals surface area contributed by atoms with Gasteiger partial charge in [-0.2, -0.15) is 10.2 Å². The molecule has 1 saturated carbocycles. The number of H-pyrrole nitrogens is 1. The van der Waals surface area contributed by atoms with Gasteiger partial charge in [-0.3, -0.25) is 14.5 Å². The zero-order valence-corrected chi connectivity index (χ0v) is 13.7. The smallest absolute Gasteiger partial charge is 0.254 e. The summed E-state index contributed by atoms with van der Waals surface area (Å²) in [5.41, 5.74) is 1.41. The van der Waals surface area contributed by atoms with E-state index in [1.807, 2.05) is 34.9 Å². The van der Waals surface area contributed by atoms with Crippen LogP contribution in [0.15, 0.2) is 42.7 Å². The molecule has 7 nitrogen and oxygen atoms in total. The van der Waals surface area contributed by atoms with Crippen molar-refractivity contribution in [2.75, 3.05) is 0 Å². The van der Waals surface area contributed by atoms with Gasteiger partial charge in [0.25, 0.3) is 5.91 Å². The Balaban J connectivity index is 1.46. The molecular weight excluding hydrogens is 324 g/mol. The van der Waals surface area contributed by atoms with Crippen LogP contribution in [0.1, 0.15) is 35.1 Å². The average molecular weight is 340 g/mol. The first-order valence-electron chi connectivity index (χ1n) is 7.76. The molecule has 1 aliphatic carbocycles. The Bertz CT molecular complexity index is 921. The molecule has 1 fully saturated rings. The third-order valence-corrected chi connectivity index (χ3v) is 4.25. The standard InChI is InChI=1S/C16H16N6OS/c23-15(11-8-18-21(10-11)12-4-2-1-3-5-12)17-9-14-19-20-16(24)22(14)13-6-7-13/h1-5,8,10,13H,6-7,9H2,(H,17,23)(H,20,24). The maximum absolute atomic E-state index is 12.3. The minimum atomic E-state index is -0.187. The highest BCUT2D eigenvalue weighted by atomic mass is 32.1. The van der Waals surface area contributed by atoms with Crippen LogP contribution >= 0.6 is 12.2 Å². The van der Waals surface area contributed by atoms with E-state index < -0.39 is 0 Å². The summed E-state index contributed by atoms with van der Waals surface area (Å²) in [4.78, 5) is 12.3. The maximum Gasteiger partial charge on any atom is 0.254 e. The Hall–Kier alpha value is -2.74. The molecule has 0 aliphatic heterocycles. The van der Waals surface area contributed by atoms with Crippen LogP contribution in [0.25, 0.3) is 5.69 Å². The van der Waals surface area contributed by atoms with E-state index in [4.69, 9.17) is 12.2 Å². The Kier molecular flexibility index (Phi) is 3.73. The van der Waals surface area contributed by atoms with E-state index in [-0.39, 0.29) is 5.91 Å². The molecular formula is C16H16N6OS. The van der Waals surface area contributed by atoms with Gasteiger partial charge in [0.1, 0.15) is 0 Å². The summed E-state index contributed by atoms with van der Waals surface area (Å²) >= 11 is 5.24. The first-order chi connectivity index (χ1) is 11.7. The fraction of sp³-hybridized carbons (Fsp3) is 0.250. The highest BCUT2D eigenvalue weighted by Gasteiger charge is 2.27. The summed E-state index contributed by atoms with van der Waals surface area (Å²) in [5, 5.41) is 14.1. The van der Waals surface area contributed by atoms with E-state index in [1.54, 1.807) is 17.1 Å². The number of aromatic amines is 1. The third-order valence-electron chi connectivity index (χ3n) is 3.96. The lowest BCUT2D eigenvalue weighted by Crippen LogP contribution is -2.24. The summed E-state index contributed by atoms with van der Waals surface area (Å²) in [5.74, 6) is 0.569. The summed E-state index contributed by atoms with van der Waals surface area (Å²) < 4.78 is 4.27. The molecule has 1 amide bonds. The fourth-order valence-electron chi connectivity index (χ4n) is 2.59. The Morgan fingerprint density at radius 2 is 2.12 bits per heavy atom. The van der Waals surface area contributed by atoms with Crippen molar-refractivity contribution in [3.63, 3.8) is 0 Å². The molecule has 3 aromatic rings. The molecule has 0 atom stereocenters. The number of para-hydroxylation sites is 1. The van der Waals surface area contributed by atoms with Crippen molar-refractivity contribution >= 4 is 18.1 Å². The van der Waals surface area contributed by atoms with Crippen LogP contribution in [0.5, 0.6) is 0 Å². The van der Waals surface area contributed by atoms with Crippen molar-refractivity contribution in [2.45, 2.75) is 25.4 Å². The van der Waals surface area contributed by atoms with E-state index in [0.717, 1.165) is 24.4 Å². The maximum atomic E-state index is 12.3. The highest BCUT2D eigenvalue weighted by molar-refractivity contribution is 7.71. The topological polar surface area (TPSA) is 80.5 Å². The quantitative estimate of drug-likeness (QED) is 0.699. The third kappa shape index (κ3) is 2.88. The van der Waals surface area contributed by atoms with E-state index in [1.165, 1.54) is 0 Å². The lowest BCUT2D eigenvalue weighted by Gasteiger charge is -2.06. The second kappa shape index (κ2) is 6.04. The van der Waals surface area contributed by atoms with Crippen LogP contribution in [-0.2, 0) is 6.54 Å². The van der Waals surface area contributed by atoms with Gasteiger partial charge in [0, 0.05) is 12.2 Å². The van der Waals surface area contributed by atoms with Crippen molar-refractivity contribution in [1.29, 1.82) is 0 Å². The first kappa shape index (κ1) is 14.8. The molecule has 0 saturated heterocycles. The number of carbonyl (C=O) groups excluding carboxylic acids is 1. The number of nitrogens with zero attached hydrogens (tertiary/aromatic N) is 4. The van der Waals surface area contributed by atoms with Crippen molar-refractivity contribution in [1.82, 2.24) is 29.9 Å². The van der Waals surface area contributed by atoms with Gasteiger partial charge in [-0.15, -0.1) is 0 Å². The molecule has 2 N–H and O–H groups in total. The van der Waals surface area contributed by atoms with Gasteiger partial charge in [0.15, 0.2) is 10.6 Å². The minimum Gasteiger partial charge on any atom is -0.345 e. The molecule has 0 unspecified atom stereocenters. The van der Waals surface area contributed by atoms with Crippen LogP contribution in [0.4, 0.5) is 0 Å². The summed E-state index contributed by atoms with van der Waals surface area (Å²) in [6, 6.07) is 10.1. The lowest BCUT2D eigenvalue weighted by atomic mass is 10.3. The van der Waals surface area contributed by atoms with Crippen LogP contribution in [0.3, 0.4) is 0 Å². The zero-order chi connectivity index (χ0) is 16.5. The highest BCUT2D eigenvalue weighted by Crippen LogP contribution is 2.35. The lowest BCUT2D eigenvalue weighted by molar-refractivity contribution is 0.0949. The second-order valence-electron chi connectivity index (χ2n) is 5.74. The van der Waals surface area contributed by atoms with Gasteiger partial charge in [-0.05, 0) is 37.2 Å². The molecule has 24 heavy (non-hydrogen) atoms. The molecule has 4 rings (SSSR count). The largest absolute Gasteiger partial charge is 0.345 e. The first-order valence-corrected chi connectivity index (χ1v) is 8.17. The number of hydrogen-bond acceptors (Lipinski definition) is 4. The average Bonchev–Trinajstić information content (AvgIpc) is 3.19. The Morgan fingerprint density at radius 3 is 2.88 bits per heavy atom. The van der Waals surface area contributed by atoms with E-state index in [0.29, 0.717) is 22.9 Å². The van der Waals surface area contributed by atoms with Crippen LogP contribution in [0.2, 0.25) is 0 Å². The number of amides is 1. The van der Waals surface area contributed by atoms with E-state index >= 15 is 0 Å². The molecule has 0 radical (unpaired) electrons. The van der Waals surface area contributed by atoms with Crippen LogP contribution < -0.4 is 5.32 Å². The van der Waals surface area contributed by atoms with Crippen LogP contribution in [-0.4, -0.2) is 30.5 Å². The van der Waals surface area contributed by atoms with Crippen molar-refractivity contribution in [3.05, 3.63) is 58.9 Å². The normalized spacial score (nSPS) is 13.8. The molecule has 2 aromatic heterocycles. The second-order valence-corrected chi connectivity index (χ2v) is 6.12. The summed E-state index contributed by atoms with van der Waals surface area (Å²) in [6.45, 7) is 0.332. The molecule has 122 valence electrons. The number of rotatable bonds is 5. The van der Waals surface area contributed by atoms with Gasteiger partial charge in [-0.25, -0.2) is 4.68 Å². The predicted molar refractivity (Wildman–Crippen MR) is 90.4 cm³/mol. The number of benzene rings is 1. The number of aromatic nitrogens is 5. The molecule has 0 bridgehead atoms. The molecule has 0 spiro atoms.